The third-order valence-corrected chi connectivity index (χ3v) is 4.91. The fourth-order valence-corrected chi connectivity index (χ4v) is 3.62. The molecule has 0 saturated carbocycles. The van der Waals surface area contributed by atoms with E-state index in [1.165, 1.54) is 4.88 Å². The van der Waals surface area contributed by atoms with Crippen molar-refractivity contribution in [2.75, 3.05) is 5.32 Å². The minimum atomic E-state index is 0.616. The molecule has 118 valence electrons. The minimum absolute atomic E-state index is 0.616. The van der Waals surface area contributed by atoms with Crippen LogP contribution in [0.4, 0.5) is 5.82 Å². The Morgan fingerprint density at radius 1 is 1.29 bits per heavy atom. The van der Waals surface area contributed by atoms with Gasteiger partial charge in [-0.3, -0.25) is 4.40 Å². The molecule has 0 saturated heterocycles. The zero-order valence-electron chi connectivity index (χ0n) is 13.4. The number of anilines is 1. The van der Waals surface area contributed by atoms with Crippen LogP contribution in [0.3, 0.4) is 0 Å². The minimum Gasteiger partial charge on any atom is -0.366 e. The molecule has 0 aliphatic carbocycles. The highest BCUT2D eigenvalue weighted by Crippen LogP contribution is 2.27. The first-order valence-electron chi connectivity index (χ1n) is 7.63. The molecule has 0 radical (unpaired) electrons. The normalized spacial score (nSPS) is 11.0. The zero-order valence-corrected chi connectivity index (χ0v) is 14.2. The van der Waals surface area contributed by atoms with Gasteiger partial charge in [0.2, 0.25) is 0 Å². The monoisotopic (exact) mass is 333 g/mol. The first kappa shape index (κ1) is 14.7. The van der Waals surface area contributed by atoms with Crippen molar-refractivity contribution in [3.63, 3.8) is 0 Å². The number of nitriles is 1. The van der Waals surface area contributed by atoms with Crippen LogP contribution in [0.5, 0.6) is 0 Å². The number of benzene rings is 1. The predicted octanol–water partition coefficient (Wildman–Crippen LogP) is 4.04. The van der Waals surface area contributed by atoms with Crippen molar-refractivity contribution >= 4 is 33.8 Å². The van der Waals surface area contributed by atoms with Gasteiger partial charge in [0, 0.05) is 11.1 Å². The Hall–Kier alpha value is -2.91. The molecule has 0 spiro atoms. The van der Waals surface area contributed by atoms with Crippen molar-refractivity contribution in [2.45, 2.75) is 20.4 Å². The summed E-state index contributed by atoms with van der Waals surface area (Å²) in [5, 5.41) is 14.0. The number of aryl methyl sites for hydroxylation is 2. The van der Waals surface area contributed by atoms with Gasteiger partial charge in [-0.15, -0.1) is 11.3 Å². The lowest BCUT2D eigenvalue weighted by molar-refractivity contribution is 1.09. The number of hydrogen-bond acceptors (Lipinski definition) is 5. The van der Waals surface area contributed by atoms with Gasteiger partial charge in [0.05, 0.1) is 28.1 Å². The summed E-state index contributed by atoms with van der Waals surface area (Å²) in [6, 6.07) is 12.2. The van der Waals surface area contributed by atoms with E-state index in [1.807, 2.05) is 54.8 Å². The highest BCUT2D eigenvalue weighted by molar-refractivity contribution is 7.11. The van der Waals surface area contributed by atoms with Crippen LogP contribution in [0.2, 0.25) is 0 Å². The van der Waals surface area contributed by atoms with Crippen LogP contribution >= 0.6 is 11.3 Å². The molecule has 4 rings (SSSR count). The van der Waals surface area contributed by atoms with E-state index in [4.69, 9.17) is 0 Å². The quantitative estimate of drug-likeness (QED) is 0.614. The molecule has 4 aromatic rings. The van der Waals surface area contributed by atoms with Crippen LogP contribution in [0, 0.1) is 25.2 Å². The molecule has 3 aromatic heterocycles. The van der Waals surface area contributed by atoms with Crippen LogP contribution in [0.25, 0.3) is 16.7 Å². The van der Waals surface area contributed by atoms with Crippen LogP contribution in [-0.2, 0) is 6.54 Å². The number of aromatic nitrogens is 3. The summed E-state index contributed by atoms with van der Waals surface area (Å²) < 4.78 is 2.02. The molecular formula is C18H15N5S. The Morgan fingerprint density at radius 3 is 2.88 bits per heavy atom. The predicted molar refractivity (Wildman–Crippen MR) is 96.3 cm³/mol. The molecular weight excluding hydrogens is 318 g/mol. The van der Waals surface area contributed by atoms with Crippen molar-refractivity contribution < 1.29 is 0 Å². The van der Waals surface area contributed by atoms with E-state index in [0.29, 0.717) is 17.8 Å². The zero-order chi connectivity index (χ0) is 16.7. The van der Waals surface area contributed by atoms with Crippen molar-refractivity contribution in [3.8, 4) is 6.07 Å². The number of para-hydroxylation sites is 2. The average Bonchev–Trinajstić information content (AvgIpc) is 3.16. The molecule has 0 unspecified atom stereocenters. The summed E-state index contributed by atoms with van der Waals surface area (Å²) >= 11 is 1.68. The Kier molecular flexibility index (Phi) is 3.44. The van der Waals surface area contributed by atoms with Gasteiger partial charge in [-0.25, -0.2) is 9.97 Å². The Morgan fingerprint density at radius 2 is 2.12 bits per heavy atom. The summed E-state index contributed by atoms with van der Waals surface area (Å²) in [6.45, 7) is 4.64. The van der Waals surface area contributed by atoms with E-state index >= 15 is 0 Å². The third kappa shape index (κ3) is 2.30. The lowest BCUT2D eigenvalue weighted by Crippen LogP contribution is -2.05. The molecule has 1 N–H and O–H groups in total. The fraction of sp³-hybridized carbons (Fsp3) is 0.167. The number of rotatable bonds is 3. The third-order valence-electron chi connectivity index (χ3n) is 4.00. The number of nitrogens with zero attached hydrogens (tertiary/aromatic N) is 4. The van der Waals surface area contributed by atoms with E-state index < -0.39 is 0 Å². The maximum Gasteiger partial charge on any atom is 0.157 e. The molecule has 0 aliphatic rings. The van der Waals surface area contributed by atoms with E-state index in [-0.39, 0.29) is 0 Å². The van der Waals surface area contributed by atoms with Gasteiger partial charge in [-0.1, -0.05) is 12.1 Å². The highest BCUT2D eigenvalue weighted by Gasteiger charge is 2.14. The van der Waals surface area contributed by atoms with Crippen LogP contribution in [0.15, 0.2) is 36.5 Å². The Balaban J connectivity index is 1.89. The summed E-state index contributed by atoms with van der Waals surface area (Å²) in [6.07, 6.45) is 1.90. The van der Waals surface area contributed by atoms with Crippen LogP contribution in [0.1, 0.15) is 21.0 Å². The number of fused-ring (bicyclic) bond motifs is 3. The standard InChI is InChI=1S/C18H15N5S/c1-11-7-17(21-10-13-9-20-12(2)24-13)23-16-6-4-3-5-15(16)22-18(23)14(11)8-19/h3-7,9,21H,10H2,1-2H3. The second-order valence-corrected chi connectivity index (χ2v) is 6.98. The molecule has 24 heavy (non-hydrogen) atoms. The van der Waals surface area contributed by atoms with E-state index in [0.717, 1.165) is 27.4 Å². The van der Waals surface area contributed by atoms with Gasteiger partial charge < -0.3 is 5.32 Å². The second kappa shape index (κ2) is 5.62. The molecule has 0 atom stereocenters. The van der Waals surface area contributed by atoms with Crippen molar-refractivity contribution in [1.29, 1.82) is 5.26 Å². The highest BCUT2D eigenvalue weighted by atomic mass is 32.1. The van der Waals surface area contributed by atoms with E-state index in [9.17, 15) is 5.26 Å². The van der Waals surface area contributed by atoms with Gasteiger partial charge in [0.1, 0.15) is 11.9 Å². The first-order chi connectivity index (χ1) is 11.7. The SMILES string of the molecule is Cc1ncc(CNc2cc(C)c(C#N)c3nc4ccccc4n23)s1. The lowest BCUT2D eigenvalue weighted by Gasteiger charge is -2.11. The Labute approximate surface area is 143 Å². The number of imidazole rings is 1. The molecule has 3 heterocycles. The first-order valence-corrected chi connectivity index (χ1v) is 8.45. The van der Waals surface area contributed by atoms with Crippen molar-refractivity contribution in [2.24, 2.45) is 0 Å². The molecule has 6 heteroatoms. The largest absolute Gasteiger partial charge is 0.366 e. The molecule has 0 aliphatic heterocycles. The van der Waals surface area contributed by atoms with Gasteiger partial charge in [-0.05, 0) is 37.6 Å². The van der Waals surface area contributed by atoms with E-state index in [2.05, 4.69) is 21.4 Å². The lowest BCUT2D eigenvalue weighted by atomic mass is 10.1. The maximum atomic E-state index is 9.51. The van der Waals surface area contributed by atoms with E-state index in [1.54, 1.807) is 11.3 Å². The van der Waals surface area contributed by atoms with Crippen LogP contribution < -0.4 is 5.32 Å². The average molecular weight is 333 g/mol. The maximum absolute atomic E-state index is 9.51. The fourth-order valence-electron chi connectivity index (χ4n) is 2.89. The van der Waals surface area contributed by atoms with Gasteiger partial charge in [-0.2, -0.15) is 5.26 Å². The molecule has 0 fully saturated rings. The van der Waals surface area contributed by atoms with Gasteiger partial charge >= 0.3 is 0 Å². The van der Waals surface area contributed by atoms with Crippen molar-refractivity contribution in [3.05, 3.63) is 57.5 Å². The number of pyridine rings is 1. The summed E-state index contributed by atoms with van der Waals surface area (Å²) in [5.41, 5.74) is 4.11. The van der Waals surface area contributed by atoms with Gasteiger partial charge in [0.25, 0.3) is 0 Å². The smallest absolute Gasteiger partial charge is 0.157 e. The molecule has 0 bridgehead atoms. The second-order valence-electron chi connectivity index (χ2n) is 5.66. The summed E-state index contributed by atoms with van der Waals surface area (Å²) in [4.78, 5) is 10.1. The topological polar surface area (TPSA) is 66.0 Å². The molecule has 0 amide bonds. The summed E-state index contributed by atoms with van der Waals surface area (Å²) in [7, 11) is 0. The van der Waals surface area contributed by atoms with Crippen molar-refractivity contribution in [1.82, 2.24) is 14.4 Å². The summed E-state index contributed by atoms with van der Waals surface area (Å²) in [5.74, 6) is 0.932. The number of hydrogen-bond donors (Lipinski definition) is 1. The van der Waals surface area contributed by atoms with Crippen LogP contribution in [-0.4, -0.2) is 14.4 Å². The molecule has 5 nitrogen and oxygen atoms in total. The van der Waals surface area contributed by atoms with Gasteiger partial charge in [0.15, 0.2) is 5.65 Å². The number of nitrogens with one attached hydrogen (secondary N) is 1. The molecule has 1 aromatic carbocycles. The Bertz CT molecular complexity index is 1100. The number of thiazole rings is 1.